The first-order chi connectivity index (χ1) is 9.46. The van der Waals surface area contributed by atoms with Crippen molar-refractivity contribution in [3.63, 3.8) is 0 Å². The SMILES string of the molecule is COCC(CNS(=O)(=O)c1cccc(F)c1CN)OC. The van der Waals surface area contributed by atoms with Gasteiger partial charge in [-0.2, -0.15) is 0 Å². The summed E-state index contributed by atoms with van der Waals surface area (Å²) in [4.78, 5) is -0.160. The van der Waals surface area contributed by atoms with E-state index in [1.165, 1.54) is 32.4 Å². The van der Waals surface area contributed by atoms with Crippen LogP contribution >= 0.6 is 0 Å². The zero-order chi connectivity index (χ0) is 15.2. The van der Waals surface area contributed by atoms with Crippen molar-refractivity contribution in [1.29, 1.82) is 0 Å². The van der Waals surface area contributed by atoms with Gasteiger partial charge in [-0.1, -0.05) is 6.07 Å². The quantitative estimate of drug-likeness (QED) is 0.717. The van der Waals surface area contributed by atoms with E-state index in [4.69, 9.17) is 15.2 Å². The van der Waals surface area contributed by atoms with Crippen LogP contribution in [0.3, 0.4) is 0 Å². The number of hydrogen-bond donors (Lipinski definition) is 2. The summed E-state index contributed by atoms with van der Waals surface area (Å²) in [5.41, 5.74) is 5.36. The minimum absolute atomic E-state index is 0.0210. The summed E-state index contributed by atoms with van der Waals surface area (Å²) in [6.07, 6.45) is -0.426. The van der Waals surface area contributed by atoms with E-state index < -0.39 is 21.9 Å². The Morgan fingerprint density at radius 2 is 2.10 bits per heavy atom. The fourth-order valence-electron chi connectivity index (χ4n) is 1.67. The van der Waals surface area contributed by atoms with Gasteiger partial charge >= 0.3 is 0 Å². The summed E-state index contributed by atoms with van der Waals surface area (Å²) in [6, 6.07) is 3.81. The van der Waals surface area contributed by atoms with Gasteiger partial charge in [0.2, 0.25) is 10.0 Å². The van der Waals surface area contributed by atoms with Crippen molar-refractivity contribution in [2.45, 2.75) is 17.5 Å². The lowest BCUT2D eigenvalue weighted by Crippen LogP contribution is -2.36. The molecule has 0 bridgehead atoms. The zero-order valence-electron chi connectivity index (χ0n) is 11.4. The third-order valence-electron chi connectivity index (χ3n) is 2.76. The van der Waals surface area contributed by atoms with E-state index in [1.807, 2.05) is 0 Å². The molecule has 0 aliphatic rings. The van der Waals surface area contributed by atoms with Gasteiger partial charge in [0, 0.05) is 32.9 Å². The van der Waals surface area contributed by atoms with Crippen LogP contribution in [-0.2, 0) is 26.0 Å². The summed E-state index contributed by atoms with van der Waals surface area (Å²) in [7, 11) is -0.919. The van der Waals surface area contributed by atoms with Gasteiger partial charge in [0.25, 0.3) is 0 Å². The molecule has 8 heteroatoms. The lowest BCUT2D eigenvalue weighted by molar-refractivity contribution is 0.0320. The molecule has 0 aliphatic carbocycles. The van der Waals surface area contributed by atoms with Gasteiger partial charge in [0.1, 0.15) is 5.82 Å². The molecule has 3 N–H and O–H groups in total. The molecule has 0 saturated heterocycles. The zero-order valence-corrected chi connectivity index (χ0v) is 12.2. The molecule has 20 heavy (non-hydrogen) atoms. The van der Waals surface area contributed by atoms with Gasteiger partial charge in [-0.15, -0.1) is 0 Å². The molecule has 0 radical (unpaired) electrons. The van der Waals surface area contributed by atoms with Crippen LogP contribution in [0.1, 0.15) is 5.56 Å². The Morgan fingerprint density at radius 3 is 2.65 bits per heavy atom. The minimum atomic E-state index is -3.85. The molecular weight excluding hydrogens is 287 g/mol. The first-order valence-electron chi connectivity index (χ1n) is 5.95. The minimum Gasteiger partial charge on any atom is -0.382 e. The average Bonchev–Trinajstić information content (AvgIpc) is 2.43. The van der Waals surface area contributed by atoms with Gasteiger partial charge in [-0.25, -0.2) is 17.5 Å². The lowest BCUT2D eigenvalue weighted by Gasteiger charge is -2.16. The molecule has 0 spiro atoms. The van der Waals surface area contributed by atoms with E-state index in [1.54, 1.807) is 0 Å². The summed E-state index contributed by atoms with van der Waals surface area (Å²) in [6.45, 7) is 0.0633. The molecule has 0 saturated carbocycles. The summed E-state index contributed by atoms with van der Waals surface area (Å²) < 4.78 is 50.2. The number of sulfonamides is 1. The van der Waals surface area contributed by atoms with Crippen molar-refractivity contribution in [3.05, 3.63) is 29.6 Å². The number of nitrogens with two attached hydrogens (primary N) is 1. The highest BCUT2D eigenvalue weighted by Crippen LogP contribution is 2.18. The van der Waals surface area contributed by atoms with Gasteiger partial charge in [0.15, 0.2) is 0 Å². The third kappa shape index (κ3) is 4.22. The monoisotopic (exact) mass is 306 g/mol. The number of halogens is 1. The van der Waals surface area contributed by atoms with Crippen molar-refractivity contribution >= 4 is 10.0 Å². The second-order valence-corrected chi connectivity index (χ2v) is 5.82. The number of methoxy groups -OCH3 is 2. The normalized spacial score (nSPS) is 13.4. The Bertz CT molecular complexity index is 536. The van der Waals surface area contributed by atoms with Gasteiger partial charge < -0.3 is 15.2 Å². The van der Waals surface area contributed by atoms with Crippen LogP contribution in [-0.4, -0.2) is 41.9 Å². The van der Waals surface area contributed by atoms with Crippen LogP contribution in [0.25, 0.3) is 0 Å². The van der Waals surface area contributed by atoms with Crippen LogP contribution in [0.15, 0.2) is 23.1 Å². The van der Waals surface area contributed by atoms with E-state index in [2.05, 4.69) is 4.72 Å². The molecule has 114 valence electrons. The maximum atomic E-state index is 13.5. The predicted octanol–water partition coefficient (Wildman–Crippen LogP) is 0.224. The van der Waals surface area contributed by atoms with Crippen LogP contribution in [0.4, 0.5) is 4.39 Å². The Kier molecular flexibility index (Phi) is 6.50. The largest absolute Gasteiger partial charge is 0.382 e. The molecule has 1 aromatic carbocycles. The number of hydrogen-bond acceptors (Lipinski definition) is 5. The van der Waals surface area contributed by atoms with Crippen LogP contribution in [0.5, 0.6) is 0 Å². The fraction of sp³-hybridized carbons (Fsp3) is 0.500. The fourth-order valence-corrected chi connectivity index (χ4v) is 2.99. The molecule has 0 aromatic heterocycles. The van der Waals surface area contributed by atoms with Crippen molar-refractivity contribution in [2.75, 3.05) is 27.4 Å². The molecule has 1 atom stereocenters. The molecule has 0 fully saturated rings. The van der Waals surface area contributed by atoms with Crippen molar-refractivity contribution in [2.24, 2.45) is 5.73 Å². The van der Waals surface area contributed by atoms with E-state index in [0.717, 1.165) is 0 Å². The van der Waals surface area contributed by atoms with E-state index in [9.17, 15) is 12.8 Å². The molecule has 0 amide bonds. The summed E-state index contributed by atoms with van der Waals surface area (Å²) >= 11 is 0. The molecule has 1 aromatic rings. The van der Waals surface area contributed by atoms with Crippen molar-refractivity contribution < 1.29 is 22.3 Å². The maximum Gasteiger partial charge on any atom is 0.241 e. The Hall–Kier alpha value is -1.06. The van der Waals surface area contributed by atoms with Crippen LogP contribution in [0, 0.1) is 5.82 Å². The number of ether oxygens (including phenoxy) is 2. The van der Waals surface area contributed by atoms with Crippen molar-refractivity contribution in [1.82, 2.24) is 4.72 Å². The number of nitrogens with one attached hydrogen (secondary N) is 1. The van der Waals surface area contributed by atoms with Crippen LogP contribution in [0.2, 0.25) is 0 Å². The highest BCUT2D eigenvalue weighted by Gasteiger charge is 2.21. The molecule has 0 aliphatic heterocycles. The first-order valence-corrected chi connectivity index (χ1v) is 7.43. The predicted molar refractivity (Wildman–Crippen MR) is 72.2 cm³/mol. The van der Waals surface area contributed by atoms with Gasteiger partial charge in [-0.05, 0) is 12.1 Å². The Morgan fingerprint density at radius 1 is 1.40 bits per heavy atom. The first kappa shape index (κ1) is 17.0. The number of benzene rings is 1. The maximum absolute atomic E-state index is 13.5. The second kappa shape index (κ2) is 7.65. The average molecular weight is 306 g/mol. The highest BCUT2D eigenvalue weighted by molar-refractivity contribution is 7.89. The molecule has 1 rings (SSSR count). The van der Waals surface area contributed by atoms with E-state index >= 15 is 0 Å². The van der Waals surface area contributed by atoms with Gasteiger partial charge in [-0.3, -0.25) is 0 Å². The smallest absolute Gasteiger partial charge is 0.241 e. The Labute approximate surface area is 118 Å². The lowest BCUT2D eigenvalue weighted by atomic mass is 10.2. The summed E-state index contributed by atoms with van der Waals surface area (Å²) in [5, 5.41) is 0. The topological polar surface area (TPSA) is 90.7 Å². The number of rotatable bonds is 8. The second-order valence-electron chi connectivity index (χ2n) is 4.09. The molecular formula is C12H19FN2O4S. The Balaban J connectivity index is 2.92. The van der Waals surface area contributed by atoms with Gasteiger partial charge in [0.05, 0.1) is 17.6 Å². The standard InChI is InChI=1S/C12H19FN2O4S/c1-18-8-9(19-2)7-15-20(16,17)12-5-3-4-11(13)10(12)6-14/h3-5,9,15H,6-8,14H2,1-2H3. The highest BCUT2D eigenvalue weighted by atomic mass is 32.2. The van der Waals surface area contributed by atoms with Crippen LogP contribution < -0.4 is 10.5 Å². The summed E-state index contributed by atoms with van der Waals surface area (Å²) in [5.74, 6) is -0.643. The van der Waals surface area contributed by atoms with E-state index in [-0.39, 0.29) is 30.2 Å². The molecule has 1 unspecified atom stereocenters. The molecule has 0 heterocycles. The van der Waals surface area contributed by atoms with Crippen molar-refractivity contribution in [3.8, 4) is 0 Å². The molecule has 6 nitrogen and oxygen atoms in total. The third-order valence-corrected chi connectivity index (χ3v) is 4.26. The van der Waals surface area contributed by atoms with E-state index in [0.29, 0.717) is 0 Å².